The number of pyridine rings is 1. The van der Waals surface area contributed by atoms with E-state index < -0.39 is 0 Å². The van der Waals surface area contributed by atoms with Crippen LogP contribution < -0.4 is 15.2 Å². The Bertz CT molecular complexity index is 605. The third kappa shape index (κ3) is 3.15. The molecule has 0 bridgehead atoms. The van der Waals surface area contributed by atoms with Crippen LogP contribution in [0.5, 0.6) is 11.5 Å². The number of hydrogen-bond donors (Lipinski definition) is 3. The topological polar surface area (TPSA) is 80.4 Å². The highest BCUT2D eigenvalue weighted by Crippen LogP contribution is 2.30. The van der Waals surface area contributed by atoms with E-state index in [1.807, 2.05) is 31.2 Å². The van der Waals surface area contributed by atoms with E-state index in [0.29, 0.717) is 12.3 Å². The molecule has 106 valence electrons. The quantitative estimate of drug-likeness (QED) is 0.735. The molecule has 0 aliphatic rings. The summed E-state index contributed by atoms with van der Waals surface area (Å²) in [4.78, 5) is 4.35. The Morgan fingerprint density at radius 3 is 2.80 bits per heavy atom. The molecule has 0 amide bonds. The largest absolute Gasteiger partial charge is 0.504 e. The van der Waals surface area contributed by atoms with Crippen LogP contribution in [0, 0.1) is 6.92 Å². The van der Waals surface area contributed by atoms with Crippen LogP contribution in [-0.2, 0) is 6.54 Å². The zero-order valence-corrected chi connectivity index (χ0v) is 12.2. The number of para-hydroxylation sites is 1. The SMILES string of the molecule is COc1cccc(CNc2ccc(SN)nc2C)c1O. The van der Waals surface area contributed by atoms with Crippen LogP contribution in [0.3, 0.4) is 0 Å². The summed E-state index contributed by atoms with van der Waals surface area (Å²) in [6.45, 7) is 2.40. The number of phenolic OH excluding ortho intramolecular Hbond substituents is 1. The van der Waals surface area contributed by atoms with Crippen molar-refractivity contribution in [1.82, 2.24) is 4.98 Å². The minimum Gasteiger partial charge on any atom is -0.504 e. The fourth-order valence-corrected chi connectivity index (χ4v) is 2.19. The number of hydrogen-bond acceptors (Lipinski definition) is 6. The van der Waals surface area contributed by atoms with Crippen molar-refractivity contribution >= 4 is 17.6 Å². The van der Waals surface area contributed by atoms with Crippen LogP contribution >= 0.6 is 11.9 Å². The maximum Gasteiger partial charge on any atom is 0.162 e. The first-order chi connectivity index (χ1) is 9.65. The molecule has 0 fully saturated rings. The lowest BCUT2D eigenvalue weighted by molar-refractivity contribution is 0.371. The normalized spacial score (nSPS) is 10.3. The highest BCUT2D eigenvalue weighted by Gasteiger charge is 2.08. The van der Waals surface area contributed by atoms with Crippen molar-refractivity contribution in [2.45, 2.75) is 18.5 Å². The van der Waals surface area contributed by atoms with Crippen molar-refractivity contribution in [3.63, 3.8) is 0 Å². The molecule has 2 aromatic rings. The predicted molar refractivity (Wildman–Crippen MR) is 81.0 cm³/mol. The molecule has 2 rings (SSSR count). The molecule has 1 aromatic carbocycles. The summed E-state index contributed by atoms with van der Waals surface area (Å²) < 4.78 is 5.08. The second kappa shape index (κ2) is 6.49. The Morgan fingerprint density at radius 2 is 2.15 bits per heavy atom. The Kier molecular flexibility index (Phi) is 4.70. The number of aryl methyl sites for hydroxylation is 1. The van der Waals surface area contributed by atoms with Gasteiger partial charge in [0.15, 0.2) is 11.5 Å². The van der Waals surface area contributed by atoms with Crippen LogP contribution in [-0.4, -0.2) is 17.2 Å². The van der Waals surface area contributed by atoms with Crippen molar-refractivity contribution in [1.29, 1.82) is 0 Å². The summed E-state index contributed by atoms with van der Waals surface area (Å²) in [6.07, 6.45) is 0. The molecule has 0 saturated carbocycles. The molecule has 0 aliphatic heterocycles. The standard InChI is InChI=1S/C14H17N3O2S/c1-9-11(6-7-13(17-9)20-15)16-8-10-4-3-5-12(19-2)14(10)18/h3-7,16,18H,8,15H2,1-2H3. The fourth-order valence-electron chi connectivity index (χ4n) is 1.86. The number of rotatable bonds is 5. The molecule has 0 aliphatic carbocycles. The minimum absolute atomic E-state index is 0.155. The summed E-state index contributed by atoms with van der Waals surface area (Å²) in [7, 11) is 1.53. The van der Waals surface area contributed by atoms with Crippen molar-refractivity contribution < 1.29 is 9.84 Å². The molecule has 5 nitrogen and oxygen atoms in total. The summed E-state index contributed by atoms with van der Waals surface area (Å²) in [5.74, 6) is 0.622. The molecule has 0 unspecified atom stereocenters. The summed E-state index contributed by atoms with van der Waals surface area (Å²) in [5.41, 5.74) is 2.54. The van der Waals surface area contributed by atoms with Crippen molar-refractivity contribution in [2.75, 3.05) is 12.4 Å². The van der Waals surface area contributed by atoms with Gasteiger partial charge in [-0.05, 0) is 37.1 Å². The number of nitrogens with one attached hydrogen (secondary N) is 1. The van der Waals surface area contributed by atoms with Gasteiger partial charge in [0.05, 0.1) is 18.5 Å². The zero-order chi connectivity index (χ0) is 14.5. The van der Waals surface area contributed by atoms with Gasteiger partial charge in [-0.1, -0.05) is 12.1 Å². The van der Waals surface area contributed by atoms with Crippen molar-refractivity contribution in [3.8, 4) is 11.5 Å². The number of methoxy groups -OCH3 is 1. The molecule has 0 spiro atoms. The van der Waals surface area contributed by atoms with Crippen molar-refractivity contribution in [3.05, 3.63) is 41.6 Å². The molecule has 4 N–H and O–H groups in total. The van der Waals surface area contributed by atoms with Crippen LogP contribution in [0.15, 0.2) is 35.4 Å². The number of anilines is 1. The van der Waals surface area contributed by atoms with E-state index in [-0.39, 0.29) is 5.75 Å². The van der Waals surface area contributed by atoms with Crippen LogP contribution in [0.2, 0.25) is 0 Å². The maximum absolute atomic E-state index is 10.0. The smallest absolute Gasteiger partial charge is 0.162 e. The van der Waals surface area contributed by atoms with E-state index in [1.54, 1.807) is 6.07 Å². The number of phenols is 1. The molecule has 6 heteroatoms. The lowest BCUT2D eigenvalue weighted by atomic mass is 10.2. The second-order valence-corrected chi connectivity index (χ2v) is 4.88. The van der Waals surface area contributed by atoms with Crippen LogP contribution in [0.4, 0.5) is 5.69 Å². The first-order valence-electron chi connectivity index (χ1n) is 6.08. The van der Waals surface area contributed by atoms with E-state index in [1.165, 1.54) is 7.11 Å². The number of ether oxygens (including phenoxy) is 1. The highest BCUT2D eigenvalue weighted by atomic mass is 32.2. The van der Waals surface area contributed by atoms with Gasteiger partial charge in [-0.15, -0.1) is 0 Å². The van der Waals surface area contributed by atoms with Gasteiger partial charge in [-0.25, -0.2) is 4.98 Å². The average Bonchev–Trinajstić information content (AvgIpc) is 2.47. The number of benzene rings is 1. The van der Waals surface area contributed by atoms with E-state index in [2.05, 4.69) is 10.3 Å². The summed E-state index contributed by atoms with van der Waals surface area (Å²) >= 11 is 1.12. The lowest BCUT2D eigenvalue weighted by Crippen LogP contribution is -2.03. The van der Waals surface area contributed by atoms with Gasteiger partial charge >= 0.3 is 0 Å². The minimum atomic E-state index is 0.155. The number of aromatic nitrogens is 1. The van der Waals surface area contributed by atoms with Crippen molar-refractivity contribution in [2.24, 2.45) is 5.14 Å². The zero-order valence-electron chi connectivity index (χ0n) is 11.4. The molecule has 0 radical (unpaired) electrons. The van der Waals surface area contributed by atoms with E-state index >= 15 is 0 Å². The van der Waals surface area contributed by atoms with Crippen LogP contribution in [0.25, 0.3) is 0 Å². The molecular formula is C14H17N3O2S. The molecule has 1 aromatic heterocycles. The van der Waals surface area contributed by atoms with E-state index in [9.17, 15) is 5.11 Å². The number of aromatic hydroxyl groups is 1. The second-order valence-electron chi connectivity index (χ2n) is 4.22. The average molecular weight is 291 g/mol. The van der Waals surface area contributed by atoms with E-state index in [4.69, 9.17) is 9.88 Å². The van der Waals surface area contributed by atoms with Gasteiger partial charge in [0, 0.05) is 12.1 Å². The molecule has 0 saturated heterocycles. The van der Waals surface area contributed by atoms with Crippen LogP contribution in [0.1, 0.15) is 11.3 Å². The van der Waals surface area contributed by atoms with Gasteiger partial charge in [0.25, 0.3) is 0 Å². The monoisotopic (exact) mass is 291 g/mol. The number of nitrogens with two attached hydrogens (primary N) is 1. The summed E-state index contributed by atoms with van der Waals surface area (Å²) in [5, 5.41) is 19.5. The van der Waals surface area contributed by atoms with Gasteiger partial charge < -0.3 is 15.2 Å². The Morgan fingerprint density at radius 1 is 1.35 bits per heavy atom. The molecule has 1 heterocycles. The maximum atomic E-state index is 10.0. The molecule has 20 heavy (non-hydrogen) atoms. The first-order valence-corrected chi connectivity index (χ1v) is 6.96. The lowest BCUT2D eigenvalue weighted by Gasteiger charge is -2.12. The Labute approximate surface area is 122 Å². The number of nitrogens with zero attached hydrogens (tertiary/aromatic N) is 1. The third-order valence-electron chi connectivity index (χ3n) is 2.95. The summed E-state index contributed by atoms with van der Waals surface area (Å²) in [6, 6.07) is 9.19. The Balaban J connectivity index is 2.13. The third-order valence-corrected chi connectivity index (χ3v) is 3.42. The first kappa shape index (κ1) is 14.5. The van der Waals surface area contributed by atoms with Gasteiger partial charge in [0.2, 0.25) is 0 Å². The van der Waals surface area contributed by atoms with E-state index in [0.717, 1.165) is 33.9 Å². The predicted octanol–water partition coefficient (Wildman–Crippen LogP) is 2.68. The molecular weight excluding hydrogens is 274 g/mol. The van der Waals surface area contributed by atoms with Gasteiger partial charge in [-0.2, -0.15) is 0 Å². The highest BCUT2D eigenvalue weighted by molar-refractivity contribution is 7.97. The molecule has 0 atom stereocenters. The van der Waals surface area contributed by atoms with Gasteiger partial charge in [0.1, 0.15) is 5.03 Å². The Hall–Kier alpha value is -1.92. The van der Waals surface area contributed by atoms with Gasteiger partial charge in [-0.3, -0.25) is 5.14 Å². The fraction of sp³-hybridized carbons (Fsp3) is 0.214.